The second-order valence-electron chi connectivity index (χ2n) is 5.61. The molecule has 2 unspecified atom stereocenters. The molecular formula is C16H20N4O3. The van der Waals surface area contributed by atoms with Gasteiger partial charge in [0.1, 0.15) is 11.8 Å². The molecule has 2 aromatic rings. The van der Waals surface area contributed by atoms with Crippen LogP contribution in [0.5, 0.6) is 5.75 Å². The Morgan fingerprint density at radius 2 is 2.39 bits per heavy atom. The molecule has 2 atom stereocenters. The molecule has 1 aromatic carbocycles. The summed E-state index contributed by atoms with van der Waals surface area (Å²) < 4.78 is 10.5. The van der Waals surface area contributed by atoms with Crippen molar-refractivity contribution in [1.82, 2.24) is 20.8 Å². The number of methoxy groups -OCH3 is 1. The SMILES string of the molecule is COc1cccc(-c2noc(C(C)NC(=O)C3CCNC3)n2)c1. The molecule has 0 spiro atoms. The van der Waals surface area contributed by atoms with E-state index >= 15 is 0 Å². The summed E-state index contributed by atoms with van der Waals surface area (Å²) in [6, 6.07) is 7.10. The topological polar surface area (TPSA) is 89.3 Å². The Morgan fingerprint density at radius 1 is 1.52 bits per heavy atom. The largest absolute Gasteiger partial charge is 0.497 e. The van der Waals surface area contributed by atoms with E-state index in [9.17, 15) is 4.79 Å². The van der Waals surface area contributed by atoms with Crippen LogP contribution >= 0.6 is 0 Å². The molecule has 1 aliphatic heterocycles. The Bertz CT molecular complexity index is 679. The van der Waals surface area contributed by atoms with E-state index in [4.69, 9.17) is 9.26 Å². The number of ether oxygens (including phenoxy) is 1. The predicted octanol–water partition coefficient (Wildman–Crippen LogP) is 1.53. The van der Waals surface area contributed by atoms with Gasteiger partial charge in [0.25, 0.3) is 0 Å². The molecule has 2 heterocycles. The van der Waals surface area contributed by atoms with Gasteiger partial charge in [-0.05, 0) is 32.0 Å². The third kappa shape index (κ3) is 3.50. The van der Waals surface area contributed by atoms with Crippen molar-refractivity contribution in [3.05, 3.63) is 30.2 Å². The number of benzene rings is 1. The summed E-state index contributed by atoms with van der Waals surface area (Å²) in [4.78, 5) is 16.5. The minimum atomic E-state index is -0.324. The maximum absolute atomic E-state index is 12.1. The van der Waals surface area contributed by atoms with Crippen LogP contribution in [0.15, 0.2) is 28.8 Å². The summed E-state index contributed by atoms with van der Waals surface area (Å²) in [5.41, 5.74) is 0.804. The maximum atomic E-state index is 12.1. The number of nitrogens with zero attached hydrogens (tertiary/aromatic N) is 2. The molecule has 0 bridgehead atoms. The molecule has 1 saturated heterocycles. The lowest BCUT2D eigenvalue weighted by atomic mass is 10.1. The smallest absolute Gasteiger partial charge is 0.249 e. The van der Waals surface area contributed by atoms with E-state index < -0.39 is 0 Å². The van der Waals surface area contributed by atoms with Crippen molar-refractivity contribution in [3.63, 3.8) is 0 Å². The highest BCUT2D eigenvalue weighted by atomic mass is 16.5. The normalized spacial score (nSPS) is 18.6. The van der Waals surface area contributed by atoms with Gasteiger partial charge in [-0.15, -0.1) is 0 Å². The monoisotopic (exact) mass is 316 g/mol. The molecule has 1 fully saturated rings. The predicted molar refractivity (Wildman–Crippen MR) is 83.8 cm³/mol. The van der Waals surface area contributed by atoms with Crippen LogP contribution in [0.25, 0.3) is 11.4 Å². The maximum Gasteiger partial charge on any atom is 0.249 e. The first-order chi connectivity index (χ1) is 11.2. The third-order valence-electron chi connectivity index (χ3n) is 3.93. The zero-order chi connectivity index (χ0) is 16.2. The summed E-state index contributed by atoms with van der Waals surface area (Å²) in [7, 11) is 1.61. The van der Waals surface area contributed by atoms with Gasteiger partial charge < -0.3 is 19.9 Å². The molecule has 1 aromatic heterocycles. The summed E-state index contributed by atoms with van der Waals surface area (Å²) in [5.74, 6) is 1.62. The number of nitrogens with one attached hydrogen (secondary N) is 2. The van der Waals surface area contributed by atoms with E-state index in [-0.39, 0.29) is 17.9 Å². The summed E-state index contributed by atoms with van der Waals surface area (Å²) >= 11 is 0. The minimum Gasteiger partial charge on any atom is -0.497 e. The molecule has 2 N–H and O–H groups in total. The van der Waals surface area contributed by atoms with Gasteiger partial charge in [-0.25, -0.2) is 0 Å². The number of hydrogen-bond acceptors (Lipinski definition) is 6. The number of amides is 1. The number of carbonyl (C=O) groups excluding carboxylic acids is 1. The summed E-state index contributed by atoms with van der Waals surface area (Å²) in [6.07, 6.45) is 0.859. The first kappa shape index (κ1) is 15.5. The number of hydrogen-bond donors (Lipinski definition) is 2. The Kier molecular flexibility index (Phi) is 4.57. The Labute approximate surface area is 134 Å². The molecule has 122 valence electrons. The van der Waals surface area contributed by atoms with Crippen LogP contribution in [0.4, 0.5) is 0 Å². The van der Waals surface area contributed by atoms with Gasteiger partial charge in [-0.2, -0.15) is 4.98 Å². The van der Waals surface area contributed by atoms with Crippen LogP contribution < -0.4 is 15.4 Å². The van der Waals surface area contributed by atoms with E-state index in [1.807, 2.05) is 31.2 Å². The zero-order valence-electron chi connectivity index (χ0n) is 13.2. The molecule has 0 saturated carbocycles. The Balaban J connectivity index is 1.69. The molecule has 1 amide bonds. The van der Waals surface area contributed by atoms with Crippen LogP contribution in [-0.2, 0) is 4.79 Å². The van der Waals surface area contributed by atoms with Crippen LogP contribution in [0.3, 0.4) is 0 Å². The van der Waals surface area contributed by atoms with Crippen LogP contribution in [-0.4, -0.2) is 36.2 Å². The molecular weight excluding hydrogens is 296 g/mol. The second kappa shape index (κ2) is 6.78. The molecule has 0 aliphatic carbocycles. The van der Waals surface area contributed by atoms with Crippen LogP contribution in [0.2, 0.25) is 0 Å². The standard InChI is InChI=1S/C16H20N4O3/c1-10(18-15(21)12-6-7-17-9-12)16-19-14(20-23-16)11-4-3-5-13(8-11)22-2/h3-5,8,10,12,17H,6-7,9H2,1-2H3,(H,18,21). The molecule has 7 nitrogen and oxygen atoms in total. The summed E-state index contributed by atoms with van der Waals surface area (Å²) in [6.45, 7) is 3.44. The number of carbonyl (C=O) groups is 1. The van der Waals surface area contributed by atoms with Crippen molar-refractivity contribution in [3.8, 4) is 17.1 Å². The van der Waals surface area contributed by atoms with Gasteiger partial charge in [-0.1, -0.05) is 17.3 Å². The molecule has 7 heteroatoms. The number of rotatable bonds is 5. The average molecular weight is 316 g/mol. The molecule has 23 heavy (non-hydrogen) atoms. The fraction of sp³-hybridized carbons (Fsp3) is 0.438. The first-order valence-electron chi connectivity index (χ1n) is 7.66. The summed E-state index contributed by atoms with van der Waals surface area (Å²) in [5, 5.41) is 10.1. The van der Waals surface area contributed by atoms with Crippen molar-refractivity contribution in [1.29, 1.82) is 0 Å². The molecule has 0 radical (unpaired) electrons. The average Bonchev–Trinajstić information content (AvgIpc) is 3.26. The number of aromatic nitrogens is 2. The van der Waals surface area contributed by atoms with E-state index in [0.29, 0.717) is 11.7 Å². The van der Waals surface area contributed by atoms with Gasteiger partial charge in [0.05, 0.1) is 13.0 Å². The highest BCUT2D eigenvalue weighted by molar-refractivity contribution is 5.79. The lowest BCUT2D eigenvalue weighted by Crippen LogP contribution is -2.33. The van der Waals surface area contributed by atoms with Gasteiger partial charge in [-0.3, -0.25) is 4.79 Å². The zero-order valence-corrected chi connectivity index (χ0v) is 13.2. The van der Waals surface area contributed by atoms with Crippen molar-refractivity contribution in [2.24, 2.45) is 5.92 Å². The Morgan fingerprint density at radius 3 is 3.13 bits per heavy atom. The van der Waals surface area contributed by atoms with Gasteiger partial charge >= 0.3 is 0 Å². The fourth-order valence-corrected chi connectivity index (χ4v) is 2.56. The van der Waals surface area contributed by atoms with Gasteiger partial charge in [0, 0.05) is 12.1 Å². The van der Waals surface area contributed by atoms with Crippen molar-refractivity contribution in [2.45, 2.75) is 19.4 Å². The van der Waals surface area contributed by atoms with E-state index in [1.165, 1.54) is 0 Å². The molecule has 1 aliphatic rings. The second-order valence-corrected chi connectivity index (χ2v) is 5.61. The first-order valence-corrected chi connectivity index (χ1v) is 7.66. The molecule has 3 rings (SSSR count). The lowest BCUT2D eigenvalue weighted by Gasteiger charge is -2.13. The van der Waals surface area contributed by atoms with Crippen LogP contribution in [0, 0.1) is 5.92 Å². The van der Waals surface area contributed by atoms with Crippen molar-refractivity contribution < 1.29 is 14.1 Å². The van der Waals surface area contributed by atoms with Gasteiger partial charge in [0.2, 0.25) is 17.6 Å². The van der Waals surface area contributed by atoms with E-state index in [2.05, 4.69) is 20.8 Å². The highest BCUT2D eigenvalue weighted by Gasteiger charge is 2.25. The lowest BCUT2D eigenvalue weighted by molar-refractivity contribution is -0.125. The minimum absolute atomic E-state index is 0.0122. The van der Waals surface area contributed by atoms with Gasteiger partial charge in [0.15, 0.2) is 0 Å². The fourth-order valence-electron chi connectivity index (χ4n) is 2.56. The van der Waals surface area contributed by atoms with E-state index in [1.54, 1.807) is 7.11 Å². The van der Waals surface area contributed by atoms with E-state index in [0.717, 1.165) is 30.8 Å². The van der Waals surface area contributed by atoms with Crippen molar-refractivity contribution >= 4 is 5.91 Å². The quantitative estimate of drug-likeness (QED) is 0.869. The Hall–Kier alpha value is -2.41. The highest BCUT2D eigenvalue weighted by Crippen LogP contribution is 2.23. The third-order valence-corrected chi connectivity index (χ3v) is 3.93. The van der Waals surface area contributed by atoms with Crippen molar-refractivity contribution in [2.75, 3.05) is 20.2 Å². The van der Waals surface area contributed by atoms with Crippen LogP contribution in [0.1, 0.15) is 25.3 Å².